The lowest BCUT2D eigenvalue weighted by Crippen LogP contribution is -2.58. The molecule has 2 saturated heterocycles. The smallest absolute Gasteiger partial charge is 0.309 e. The third-order valence-corrected chi connectivity index (χ3v) is 8.38. The zero-order chi connectivity index (χ0) is 30.1. The molecule has 2 rings (SSSR count). The fraction of sp³-hybridized carbons (Fsp3) is 0.806. The van der Waals surface area contributed by atoms with Gasteiger partial charge in [-0.2, -0.15) is 0 Å². The first kappa shape index (κ1) is 33.8. The first-order valence-electron chi connectivity index (χ1n) is 15.3. The van der Waals surface area contributed by atoms with Crippen molar-refractivity contribution >= 4 is 23.7 Å². The molecule has 2 heterocycles. The number of hydrogen-bond donors (Lipinski definition) is 1. The summed E-state index contributed by atoms with van der Waals surface area (Å²) in [6.07, 6.45) is 5.96. The molecule has 0 unspecified atom stereocenters. The van der Waals surface area contributed by atoms with E-state index in [1.807, 2.05) is 33.8 Å². The highest BCUT2D eigenvalue weighted by molar-refractivity contribution is 5.93. The normalized spacial score (nSPS) is 20.9. The van der Waals surface area contributed by atoms with Crippen molar-refractivity contribution in [1.82, 2.24) is 20.0 Å². The Kier molecular flexibility index (Phi) is 13.1. The van der Waals surface area contributed by atoms with Crippen LogP contribution in [0, 0.1) is 17.8 Å². The minimum Gasteiger partial charge on any atom is -0.466 e. The van der Waals surface area contributed by atoms with Crippen LogP contribution in [0.3, 0.4) is 0 Å². The minimum atomic E-state index is -0.652. The highest BCUT2D eigenvalue weighted by Crippen LogP contribution is 2.23. The van der Waals surface area contributed by atoms with Crippen LogP contribution in [0.1, 0.15) is 87.5 Å². The Labute approximate surface area is 242 Å². The molecule has 0 aromatic heterocycles. The maximum absolute atomic E-state index is 13.8. The number of likely N-dealkylation sites (tertiary alicyclic amines) is 2. The molecule has 0 bridgehead atoms. The molecule has 0 aromatic carbocycles. The fourth-order valence-corrected chi connectivity index (χ4v) is 5.89. The number of hydrogen-bond acceptors (Lipinski definition) is 6. The summed E-state index contributed by atoms with van der Waals surface area (Å²) in [6.45, 7) is 18.0. The first-order chi connectivity index (χ1) is 18.8. The van der Waals surface area contributed by atoms with Crippen molar-refractivity contribution in [1.29, 1.82) is 0 Å². The SMILES string of the molecule is CCOC(=O)C1CCN(C(=O)C(C)=C[C@H](C(C)C)N(C)C(=O)[C@@H](NC(=O)[C@H]2CCCCN2C(C)C)C(C)C)CC1. The van der Waals surface area contributed by atoms with E-state index in [1.165, 1.54) is 0 Å². The number of carbonyl (C=O) groups is 4. The summed E-state index contributed by atoms with van der Waals surface area (Å²) in [5, 5.41) is 3.09. The van der Waals surface area contributed by atoms with Crippen molar-refractivity contribution in [3.63, 3.8) is 0 Å². The van der Waals surface area contributed by atoms with Crippen molar-refractivity contribution in [3.8, 4) is 0 Å². The number of rotatable bonds is 11. The van der Waals surface area contributed by atoms with E-state index in [-0.39, 0.29) is 59.6 Å². The maximum Gasteiger partial charge on any atom is 0.309 e. The zero-order valence-corrected chi connectivity index (χ0v) is 26.4. The van der Waals surface area contributed by atoms with Crippen LogP contribution in [0.15, 0.2) is 11.6 Å². The second-order valence-corrected chi connectivity index (χ2v) is 12.4. The number of esters is 1. The van der Waals surface area contributed by atoms with Gasteiger partial charge in [-0.15, -0.1) is 0 Å². The van der Waals surface area contributed by atoms with Crippen LogP contribution in [0.5, 0.6) is 0 Å². The molecule has 2 fully saturated rings. The van der Waals surface area contributed by atoms with Gasteiger partial charge in [-0.25, -0.2) is 0 Å². The molecule has 2 aliphatic rings. The number of carbonyl (C=O) groups excluding carboxylic acids is 4. The van der Waals surface area contributed by atoms with E-state index in [1.54, 1.807) is 30.7 Å². The summed E-state index contributed by atoms with van der Waals surface area (Å²) in [7, 11) is 1.76. The minimum absolute atomic E-state index is 0.0598. The molecular weight excluding hydrogens is 508 g/mol. The Bertz CT molecular complexity index is 907. The summed E-state index contributed by atoms with van der Waals surface area (Å²) in [5.41, 5.74) is 0.577. The topological polar surface area (TPSA) is 99.3 Å². The summed E-state index contributed by atoms with van der Waals surface area (Å²) < 4.78 is 5.14. The maximum atomic E-state index is 13.8. The van der Waals surface area contributed by atoms with Crippen molar-refractivity contribution in [2.45, 2.75) is 112 Å². The van der Waals surface area contributed by atoms with Gasteiger partial charge in [0.2, 0.25) is 17.7 Å². The largest absolute Gasteiger partial charge is 0.466 e. The van der Waals surface area contributed by atoms with Gasteiger partial charge in [-0.3, -0.25) is 24.1 Å². The lowest BCUT2D eigenvalue weighted by molar-refractivity contribution is -0.150. The van der Waals surface area contributed by atoms with Crippen LogP contribution >= 0.6 is 0 Å². The number of piperidine rings is 2. The zero-order valence-electron chi connectivity index (χ0n) is 26.4. The van der Waals surface area contributed by atoms with Crippen LogP contribution in [0.2, 0.25) is 0 Å². The van der Waals surface area contributed by atoms with E-state index in [2.05, 4.69) is 24.1 Å². The highest BCUT2D eigenvalue weighted by Gasteiger charge is 2.36. The van der Waals surface area contributed by atoms with Crippen LogP contribution < -0.4 is 5.32 Å². The van der Waals surface area contributed by atoms with E-state index in [0.717, 1.165) is 25.8 Å². The molecule has 0 aromatic rings. The summed E-state index contributed by atoms with van der Waals surface area (Å²) in [4.78, 5) is 58.2. The van der Waals surface area contributed by atoms with Gasteiger partial charge < -0.3 is 19.9 Å². The average Bonchev–Trinajstić information content (AvgIpc) is 2.92. The van der Waals surface area contributed by atoms with Crippen molar-refractivity contribution < 1.29 is 23.9 Å². The average molecular weight is 563 g/mol. The number of amides is 3. The monoisotopic (exact) mass is 562 g/mol. The van der Waals surface area contributed by atoms with Gasteiger partial charge >= 0.3 is 5.97 Å². The molecule has 3 amide bonds. The molecule has 9 nitrogen and oxygen atoms in total. The molecule has 0 aliphatic carbocycles. The van der Waals surface area contributed by atoms with Crippen molar-refractivity contribution in [2.24, 2.45) is 17.8 Å². The predicted molar refractivity (Wildman–Crippen MR) is 157 cm³/mol. The van der Waals surface area contributed by atoms with Gasteiger partial charge in [0.1, 0.15) is 6.04 Å². The molecule has 0 spiro atoms. The Morgan fingerprint density at radius 3 is 2.10 bits per heavy atom. The number of likely N-dealkylation sites (N-methyl/N-ethyl adjacent to an activating group) is 1. The van der Waals surface area contributed by atoms with Crippen LogP contribution in [0.25, 0.3) is 0 Å². The molecule has 0 saturated carbocycles. The fourth-order valence-electron chi connectivity index (χ4n) is 5.89. The van der Waals surface area contributed by atoms with Gasteiger partial charge in [0.25, 0.3) is 0 Å². The van der Waals surface area contributed by atoms with E-state index in [9.17, 15) is 19.2 Å². The molecule has 40 heavy (non-hydrogen) atoms. The Morgan fingerprint density at radius 1 is 0.950 bits per heavy atom. The van der Waals surface area contributed by atoms with Gasteiger partial charge in [0, 0.05) is 31.8 Å². The number of nitrogens with one attached hydrogen (secondary N) is 1. The Hall–Kier alpha value is -2.42. The molecule has 2 aliphatic heterocycles. The summed E-state index contributed by atoms with van der Waals surface area (Å²) in [5.74, 6) is -0.684. The summed E-state index contributed by atoms with van der Waals surface area (Å²) in [6, 6.07) is -0.921. The van der Waals surface area contributed by atoms with Crippen LogP contribution in [-0.2, 0) is 23.9 Å². The first-order valence-corrected chi connectivity index (χ1v) is 15.3. The third kappa shape index (κ3) is 8.79. The van der Waals surface area contributed by atoms with E-state index >= 15 is 0 Å². The number of nitrogens with zero attached hydrogens (tertiary/aromatic N) is 3. The van der Waals surface area contributed by atoms with Gasteiger partial charge in [0.15, 0.2) is 0 Å². The molecule has 3 atom stereocenters. The molecule has 1 N–H and O–H groups in total. The van der Waals surface area contributed by atoms with Crippen molar-refractivity contribution in [3.05, 3.63) is 11.6 Å². The van der Waals surface area contributed by atoms with E-state index in [0.29, 0.717) is 38.1 Å². The van der Waals surface area contributed by atoms with Gasteiger partial charge in [0.05, 0.1) is 24.6 Å². The predicted octanol–water partition coefficient (Wildman–Crippen LogP) is 3.62. The third-order valence-electron chi connectivity index (χ3n) is 8.38. The second-order valence-electron chi connectivity index (χ2n) is 12.4. The standard InChI is InChI=1S/C31H54N4O5/c1-10-40-31(39)24-14-17-34(18-15-24)29(37)23(8)19-26(20(2)3)33(9)30(38)27(21(4)5)32-28(36)25-13-11-12-16-35(25)22(6)7/h19-22,24-27H,10-18H2,1-9H3,(H,32,36)/t25-,26-,27+/m1/s1. The second kappa shape index (κ2) is 15.5. The quantitative estimate of drug-likeness (QED) is 0.305. The Balaban J connectivity index is 2.12. The highest BCUT2D eigenvalue weighted by atomic mass is 16.5. The Morgan fingerprint density at radius 2 is 1.57 bits per heavy atom. The molecule has 9 heteroatoms. The summed E-state index contributed by atoms with van der Waals surface area (Å²) >= 11 is 0. The molecule has 228 valence electrons. The lowest BCUT2D eigenvalue weighted by Gasteiger charge is -2.39. The van der Waals surface area contributed by atoms with E-state index < -0.39 is 6.04 Å². The van der Waals surface area contributed by atoms with Crippen LogP contribution in [-0.4, -0.2) is 95.8 Å². The molecule has 0 radical (unpaired) electrons. The van der Waals surface area contributed by atoms with E-state index in [4.69, 9.17) is 4.74 Å². The van der Waals surface area contributed by atoms with Gasteiger partial charge in [-0.05, 0) is 71.8 Å². The van der Waals surface area contributed by atoms with Gasteiger partial charge in [-0.1, -0.05) is 40.2 Å². The lowest BCUT2D eigenvalue weighted by atomic mass is 9.94. The van der Waals surface area contributed by atoms with Crippen molar-refractivity contribution in [2.75, 3.05) is 33.3 Å². The number of ether oxygens (including phenoxy) is 1. The van der Waals surface area contributed by atoms with Crippen LogP contribution in [0.4, 0.5) is 0 Å². The molecular formula is C31H54N4O5.